The van der Waals surface area contributed by atoms with Crippen molar-refractivity contribution in [2.75, 3.05) is 0 Å². The summed E-state index contributed by atoms with van der Waals surface area (Å²) < 4.78 is 2.15. The number of pyridine rings is 1. The third kappa shape index (κ3) is 1.17. The largest absolute Gasteiger partial charge is 0.302 e. The molecule has 1 aliphatic carbocycles. The fourth-order valence-electron chi connectivity index (χ4n) is 2.98. The van der Waals surface area contributed by atoms with Crippen LogP contribution in [0.25, 0.3) is 5.65 Å². The van der Waals surface area contributed by atoms with Crippen molar-refractivity contribution >= 4 is 17.2 Å². The van der Waals surface area contributed by atoms with E-state index in [1.54, 1.807) is 0 Å². The van der Waals surface area contributed by atoms with Crippen LogP contribution < -0.4 is 0 Å². The molecule has 0 bridgehead atoms. The van der Waals surface area contributed by atoms with Crippen LogP contribution >= 0.6 is 11.6 Å². The Kier molecular flexibility index (Phi) is 1.91. The fourth-order valence-corrected chi connectivity index (χ4v) is 3.19. The molecule has 2 aromatic heterocycles. The second kappa shape index (κ2) is 3.01. The number of fused-ring (bicyclic) bond motifs is 3. The van der Waals surface area contributed by atoms with Crippen LogP contribution in [0, 0.1) is 0 Å². The highest BCUT2D eigenvalue weighted by molar-refractivity contribution is 6.33. The van der Waals surface area contributed by atoms with E-state index < -0.39 is 0 Å². The molecule has 2 heterocycles. The van der Waals surface area contributed by atoms with E-state index in [9.17, 15) is 0 Å². The highest BCUT2D eigenvalue weighted by atomic mass is 35.5. The van der Waals surface area contributed by atoms with Gasteiger partial charge in [-0.25, -0.2) is 4.98 Å². The first kappa shape index (κ1) is 10.2. The lowest BCUT2D eigenvalue weighted by molar-refractivity contribution is 0.478. The first-order valence-corrected chi connectivity index (χ1v) is 6.05. The Morgan fingerprint density at radius 1 is 1.50 bits per heavy atom. The molecule has 0 amide bonds. The molecule has 1 aliphatic rings. The molecule has 3 rings (SSSR count). The van der Waals surface area contributed by atoms with Gasteiger partial charge < -0.3 is 4.40 Å². The molecule has 0 aliphatic heterocycles. The molecular formula is C13H15ClN2. The van der Waals surface area contributed by atoms with E-state index in [-0.39, 0.29) is 5.41 Å². The van der Waals surface area contributed by atoms with Crippen LogP contribution in [0.15, 0.2) is 18.3 Å². The Morgan fingerprint density at radius 2 is 2.25 bits per heavy atom. The fraction of sp³-hybridized carbons (Fsp3) is 0.462. The van der Waals surface area contributed by atoms with Gasteiger partial charge in [-0.05, 0) is 24.5 Å². The summed E-state index contributed by atoms with van der Waals surface area (Å²) in [6, 6.07) is 3.88. The quantitative estimate of drug-likeness (QED) is 0.678. The van der Waals surface area contributed by atoms with E-state index in [4.69, 9.17) is 16.6 Å². The Hall–Kier alpha value is -1.02. The van der Waals surface area contributed by atoms with Crippen molar-refractivity contribution in [3.63, 3.8) is 0 Å². The van der Waals surface area contributed by atoms with E-state index in [1.165, 1.54) is 17.8 Å². The van der Waals surface area contributed by atoms with Gasteiger partial charge in [-0.15, -0.1) is 0 Å². The smallest absolute Gasteiger partial charge is 0.156 e. The molecule has 2 aromatic rings. The van der Waals surface area contributed by atoms with Crippen LogP contribution in [-0.4, -0.2) is 9.38 Å². The number of imidazole rings is 1. The van der Waals surface area contributed by atoms with Gasteiger partial charge in [-0.3, -0.25) is 0 Å². The monoisotopic (exact) mass is 234 g/mol. The SMILES string of the molecule is CC1CC(C)(C)c2nc3c(Cl)cccn3c21. The number of hydrogen-bond donors (Lipinski definition) is 0. The molecule has 0 saturated carbocycles. The molecule has 1 atom stereocenters. The summed E-state index contributed by atoms with van der Waals surface area (Å²) >= 11 is 6.18. The van der Waals surface area contributed by atoms with E-state index in [1.807, 2.05) is 12.1 Å². The van der Waals surface area contributed by atoms with E-state index in [0.717, 1.165) is 10.7 Å². The summed E-state index contributed by atoms with van der Waals surface area (Å²) in [7, 11) is 0. The van der Waals surface area contributed by atoms with Gasteiger partial charge in [-0.2, -0.15) is 0 Å². The highest BCUT2D eigenvalue weighted by Gasteiger charge is 2.39. The third-order valence-corrected chi connectivity index (χ3v) is 3.86. The first-order valence-electron chi connectivity index (χ1n) is 5.67. The summed E-state index contributed by atoms with van der Waals surface area (Å²) in [6.45, 7) is 6.79. The second-order valence-corrected chi connectivity index (χ2v) is 5.79. The van der Waals surface area contributed by atoms with E-state index in [0.29, 0.717) is 5.92 Å². The molecule has 0 N–H and O–H groups in total. The van der Waals surface area contributed by atoms with Gasteiger partial charge in [0.1, 0.15) is 0 Å². The van der Waals surface area contributed by atoms with Crippen molar-refractivity contribution in [3.8, 4) is 0 Å². The Labute approximate surface area is 100 Å². The molecule has 0 spiro atoms. The standard InChI is InChI=1S/C13H15ClN2/c1-8-7-13(2,3)11-10(8)16-6-4-5-9(14)12(16)15-11/h4-6,8H,7H2,1-3H3. The maximum atomic E-state index is 6.18. The lowest BCUT2D eigenvalue weighted by atomic mass is 9.89. The van der Waals surface area contributed by atoms with Crippen LogP contribution in [-0.2, 0) is 5.41 Å². The Bertz CT molecular complexity index is 569. The summed E-state index contributed by atoms with van der Waals surface area (Å²) in [4.78, 5) is 4.73. The van der Waals surface area contributed by atoms with Crippen LogP contribution in [0.2, 0.25) is 5.02 Å². The number of halogens is 1. The maximum Gasteiger partial charge on any atom is 0.156 e. The second-order valence-electron chi connectivity index (χ2n) is 5.38. The van der Waals surface area contributed by atoms with Crippen LogP contribution in [0.5, 0.6) is 0 Å². The van der Waals surface area contributed by atoms with E-state index in [2.05, 4.69) is 31.4 Å². The minimum absolute atomic E-state index is 0.171. The molecule has 0 radical (unpaired) electrons. The average molecular weight is 235 g/mol. The summed E-state index contributed by atoms with van der Waals surface area (Å²) in [6.07, 6.45) is 3.23. The van der Waals surface area contributed by atoms with Crippen LogP contribution in [0.3, 0.4) is 0 Å². The van der Waals surface area contributed by atoms with Crippen molar-refractivity contribution in [2.45, 2.75) is 38.5 Å². The maximum absolute atomic E-state index is 6.18. The minimum atomic E-state index is 0.171. The summed E-state index contributed by atoms with van der Waals surface area (Å²) in [5.41, 5.74) is 3.62. The molecule has 1 unspecified atom stereocenters. The lowest BCUT2D eigenvalue weighted by Gasteiger charge is -2.16. The van der Waals surface area contributed by atoms with E-state index >= 15 is 0 Å². The number of rotatable bonds is 0. The van der Waals surface area contributed by atoms with Crippen molar-refractivity contribution in [1.29, 1.82) is 0 Å². The number of aromatic nitrogens is 2. The van der Waals surface area contributed by atoms with Gasteiger partial charge in [0.2, 0.25) is 0 Å². The van der Waals surface area contributed by atoms with Gasteiger partial charge in [0.25, 0.3) is 0 Å². The Balaban J connectivity index is 2.41. The molecular weight excluding hydrogens is 220 g/mol. The number of hydrogen-bond acceptors (Lipinski definition) is 1. The van der Waals surface area contributed by atoms with Gasteiger partial charge in [0.15, 0.2) is 5.65 Å². The minimum Gasteiger partial charge on any atom is -0.302 e. The predicted molar refractivity (Wildman–Crippen MR) is 66.3 cm³/mol. The van der Waals surface area contributed by atoms with Crippen molar-refractivity contribution in [1.82, 2.24) is 9.38 Å². The third-order valence-electron chi connectivity index (χ3n) is 3.56. The highest BCUT2D eigenvalue weighted by Crippen LogP contribution is 2.45. The predicted octanol–water partition coefficient (Wildman–Crippen LogP) is 3.77. The number of nitrogens with zero attached hydrogens (tertiary/aromatic N) is 2. The van der Waals surface area contributed by atoms with Crippen LogP contribution in [0.4, 0.5) is 0 Å². The zero-order chi connectivity index (χ0) is 11.5. The zero-order valence-electron chi connectivity index (χ0n) is 9.79. The molecule has 3 heteroatoms. The summed E-state index contributed by atoms with van der Waals surface area (Å²) in [5.74, 6) is 0.554. The van der Waals surface area contributed by atoms with Crippen molar-refractivity contribution in [2.24, 2.45) is 0 Å². The molecule has 16 heavy (non-hydrogen) atoms. The summed E-state index contributed by atoms with van der Waals surface area (Å²) in [5, 5.41) is 0.736. The molecule has 84 valence electrons. The Morgan fingerprint density at radius 3 is 3.00 bits per heavy atom. The molecule has 0 fully saturated rings. The lowest BCUT2D eigenvalue weighted by Crippen LogP contribution is -2.13. The van der Waals surface area contributed by atoms with Gasteiger partial charge in [-0.1, -0.05) is 32.4 Å². The molecule has 2 nitrogen and oxygen atoms in total. The van der Waals surface area contributed by atoms with Gasteiger partial charge >= 0.3 is 0 Å². The van der Waals surface area contributed by atoms with Gasteiger partial charge in [0.05, 0.1) is 10.7 Å². The molecule has 0 saturated heterocycles. The van der Waals surface area contributed by atoms with Gasteiger partial charge in [0, 0.05) is 17.3 Å². The average Bonchev–Trinajstić information content (AvgIpc) is 2.66. The molecule has 0 aromatic carbocycles. The van der Waals surface area contributed by atoms with Crippen molar-refractivity contribution < 1.29 is 0 Å². The zero-order valence-corrected chi connectivity index (χ0v) is 10.5. The first-order chi connectivity index (χ1) is 7.50. The van der Waals surface area contributed by atoms with Crippen LogP contribution in [0.1, 0.15) is 44.5 Å². The normalized spacial score (nSPS) is 22.6. The topological polar surface area (TPSA) is 17.3 Å². The van der Waals surface area contributed by atoms with Crippen molar-refractivity contribution in [3.05, 3.63) is 34.7 Å².